The molecule has 2 rings (SSSR count). The fourth-order valence-corrected chi connectivity index (χ4v) is 3.33. The number of hydrogen-bond acceptors (Lipinski definition) is 4. The van der Waals surface area contributed by atoms with Crippen LogP contribution in [0.1, 0.15) is 28.7 Å². The highest BCUT2D eigenvalue weighted by atomic mass is 32.2. The predicted molar refractivity (Wildman–Crippen MR) is 56.1 cm³/mol. The second-order valence-electron chi connectivity index (χ2n) is 3.74. The maximum Gasteiger partial charge on any atom is 0.356 e. The van der Waals surface area contributed by atoms with Crippen molar-refractivity contribution >= 4 is 15.8 Å². The standard InChI is InChI=1S/C9H12N2O4S/c1-2-11-7-5-16(14,15)4-3-6(7)8(10-11)9(12)13/h2-5H2,1H3,(H,12,13). The molecule has 0 spiro atoms. The molecule has 0 radical (unpaired) electrons. The molecule has 1 aromatic rings. The van der Waals surface area contributed by atoms with Crippen molar-refractivity contribution in [2.45, 2.75) is 25.6 Å². The van der Waals surface area contributed by atoms with E-state index in [4.69, 9.17) is 5.11 Å². The molecular weight excluding hydrogens is 232 g/mol. The number of carboxylic acid groups (broad SMARTS) is 1. The van der Waals surface area contributed by atoms with Crippen LogP contribution in [0.2, 0.25) is 0 Å². The summed E-state index contributed by atoms with van der Waals surface area (Å²) in [5.74, 6) is -1.19. The van der Waals surface area contributed by atoms with Gasteiger partial charge in [0.2, 0.25) is 0 Å². The summed E-state index contributed by atoms with van der Waals surface area (Å²) >= 11 is 0. The molecule has 0 atom stereocenters. The van der Waals surface area contributed by atoms with Crippen LogP contribution in [0.3, 0.4) is 0 Å². The number of hydrogen-bond donors (Lipinski definition) is 1. The van der Waals surface area contributed by atoms with E-state index in [-0.39, 0.29) is 23.6 Å². The van der Waals surface area contributed by atoms with Crippen LogP contribution in [0.25, 0.3) is 0 Å². The number of aryl methyl sites for hydroxylation is 1. The highest BCUT2D eigenvalue weighted by molar-refractivity contribution is 7.90. The molecule has 7 heteroatoms. The Balaban J connectivity index is 2.59. The molecule has 0 saturated carbocycles. The van der Waals surface area contributed by atoms with Crippen molar-refractivity contribution in [2.24, 2.45) is 0 Å². The molecule has 1 N–H and O–H groups in total. The third-order valence-electron chi connectivity index (χ3n) is 2.69. The molecule has 2 heterocycles. The van der Waals surface area contributed by atoms with E-state index >= 15 is 0 Å². The van der Waals surface area contributed by atoms with Crippen LogP contribution in [0.4, 0.5) is 0 Å². The Kier molecular flexibility index (Phi) is 2.49. The van der Waals surface area contributed by atoms with Crippen LogP contribution in [-0.2, 0) is 28.6 Å². The maximum atomic E-state index is 11.5. The molecule has 0 bridgehead atoms. The minimum Gasteiger partial charge on any atom is -0.476 e. The summed E-state index contributed by atoms with van der Waals surface area (Å²) < 4.78 is 24.4. The topological polar surface area (TPSA) is 89.3 Å². The molecule has 0 saturated heterocycles. The van der Waals surface area contributed by atoms with E-state index in [9.17, 15) is 13.2 Å². The van der Waals surface area contributed by atoms with Crippen molar-refractivity contribution in [3.8, 4) is 0 Å². The van der Waals surface area contributed by atoms with E-state index in [1.165, 1.54) is 4.68 Å². The summed E-state index contributed by atoms with van der Waals surface area (Å²) in [4.78, 5) is 10.9. The molecular formula is C9H12N2O4S. The number of nitrogens with zero attached hydrogens (tertiary/aromatic N) is 2. The van der Waals surface area contributed by atoms with E-state index in [0.29, 0.717) is 17.8 Å². The summed E-state index contributed by atoms with van der Waals surface area (Å²) in [7, 11) is -3.09. The Morgan fingerprint density at radius 2 is 2.25 bits per heavy atom. The van der Waals surface area contributed by atoms with Crippen molar-refractivity contribution in [3.05, 3.63) is 17.0 Å². The summed E-state index contributed by atoms with van der Waals surface area (Å²) in [5.41, 5.74) is 1.10. The lowest BCUT2D eigenvalue weighted by molar-refractivity contribution is 0.0688. The molecule has 6 nitrogen and oxygen atoms in total. The SMILES string of the molecule is CCn1nc(C(=O)O)c2c1CS(=O)(=O)CC2. The van der Waals surface area contributed by atoms with Gasteiger partial charge >= 0.3 is 5.97 Å². The molecule has 1 aromatic heterocycles. The Morgan fingerprint density at radius 1 is 1.56 bits per heavy atom. The van der Waals surface area contributed by atoms with Gasteiger partial charge in [-0.05, 0) is 13.3 Å². The lowest BCUT2D eigenvalue weighted by atomic mass is 10.1. The van der Waals surface area contributed by atoms with Crippen molar-refractivity contribution in [2.75, 3.05) is 5.75 Å². The predicted octanol–water partition coefficient (Wildman–Crippen LogP) is 0.0721. The Bertz CT molecular complexity index is 544. The van der Waals surface area contributed by atoms with Crippen LogP contribution >= 0.6 is 0 Å². The van der Waals surface area contributed by atoms with Gasteiger partial charge in [0.1, 0.15) is 0 Å². The molecule has 0 amide bonds. The first-order valence-corrected chi connectivity index (χ1v) is 6.79. The summed E-state index contributed by atoms with van der Waals surface area (Å²) in [6.45, 7) is 2.28. The van der Waals surface area contributed by atoms with Crippen LogP contribution in [0.5, 0.6) is 0 Å². The zero-order valence-corrected chi connectivity index (χ0v) is 9.62. The molecule has 88 valence electrons. The Morgan fingerprint density at radius 3 is 2.81 bits per heavy atom. The van der Waals surface area contributed by atoms with Gasteiger partial charge in [-0.15, -0.1) is 0 Å². The normalized spacial score (nSPS) is 18.1. The fraction of sp³-hybridized carbons (Fsp3) is 0.556. The summed E-state index contributed by atoms with van der Waals surface area (Å²) in [6.07, 6.45) is 0.249. The molecule has 16 heavy (non-hydrogen) atoms. The van der Waals surface area contributed by atoms with Gasteiger partial charge < -0.3 is 5.11 Å². The van der Waals surface area contributed by atoms with Gasteiger partial charge in [-0.2, -0.15) is 5.10 Å². The van der Waals surface area contributed by atoms with Crippen LogP contribution in [0.15, 0.2) is 0 Å². The number of sulfone groups is 1. The number of rotatable bonds is 2. The van der Waals surface area contributed by atoms with E-state index in [1.807, 2.05) is 0 Å². The second-order valence-corrected chi connectivity index (χ2v) is 5.92. The molecule has 0 aromatic carbocycles. The molecule has 0 aliphatic carbocycles. The number of fused-ring (bicyclic) bond motifs is 1. The zero-order valence-electron chi connectivity index (χ0n) is 8.80. The van der Waals surface area contributed by atoms with E-state index < -0.39 is 15.8 Å². The largest absolute Gasteiger partial charge is 0.476 e. The van der Waals surface area contributed by atoms with E-state index in [2.05, 4.69) is 5.10 Å². The van der Waals surface area contributed by atoms with Crippen LogP contribution < -0.4 is 0 Å². The first-order valence-electron chi connectivity index (χ1n) is 4.97. The molecule has 0 fully saturated rings. The number of carboxylic acids is 1. The van der Waals surface area contributed by atoms with Gasteiger partial charge in [-0.1, -0.05) is 0 Å². The number of carbonyl (C=O) groups is 1. The van der Waals surface area contributed by atoms with E-state index in [1.54, 1.807) is 6.92 Å². The summed E-state index contributed by atoms with van der Waals surface area (Å²) in [5, 5.41) is 12.9. The van der Waals surface area contributed by atoms with Crippen molar-refractivity contribution in [1.82, 2.24) is 9.78 Å². The van der Waals surface area contributed by atoms with Gasteiger partial charge in [0.25, 0.3) is 0 Å². The first kappa shape index (κ1) is 11.1. The van der Waals surface area contributed by atoms with Gasteiger partial charge in [-0.25, -0.2) is 13.2 Å². The van der Waals surface area contributed by atoms with Crippen LogP contribution in [0, 0.1) is 0 Å². The number of aromatic carboxylic acids is 1. The third kappa shape index (κ3) is 1.71. The van der Waals surface area contributed by atoms with Crippen molar-refractivity contribution < 1.29 is 18.3 Å². The fourth-order valence-electron chi connectivity index (χ4n) is 1.93. The Hall–Kier alpha value is -1.37. The van der Waals surface area contributed by atoms with Gasteiger partial charge in [0.05, 0.1) is 17.2 Å². The lowest BCUT2D eigenvalue weighted by Crippen LogP contribution is -2.21. The minimum atomic E-state index is -3.09. The maximum absolute atomic E-state index is 11.5. The van der Waals surface area contributed by atoms with Crippen molar-refractivity contribution in [1.29, 1.82) is 0 Å². The monoisotopic (exact) mass is 244 g/mol. The smallest absolute Gasteiger partial charge is 0.356 e. The molecule has 1 aliphatic heterocycles. The molecule has 1 aliphatic rings. The summed E-state index contributed by atoms with van der Waals surface area (Å²) in [6, 6.07) is 0. The van der Waals surface area contributed by atoms with Gasteiger partial charge in [-0.3, -0.25) is 4.68 Å². The second kappa shape index (κ2) is 3.58. The highest BCUT2D eigenvalue weighted by Crippen LogP contribution is 2.24. The first-order chi connectivity index (χ1) is 7.44. The highest BCUT2D eigenvalue weighted by Gasteiger charge is 2.30. The minimum absolute atomic E-state index is 0.00764. The quantitative estimate of drug-likeness (QED) is 0.795. The Labute approximate surface area is 92.8 Å². The van der Waals surface area contributed by atoms with Crippen molar-refractivity contribution in [3.63, 3.8) is 0 Å². The third-order valence-corrected chi connectivity index (χ3v) is 4.23. The average molecular weight is 244 g/mol. The van der Waals surface area contributed by atoms with Crippen LogP contribution in [-0.4, -0.2) is 35.0 Å². The van der Waals surface area contributed by atoms with E-state index in [0.717, 1.165) is 0 Å². The lowest BCUT2D eigenvalue weighted by Gasteiger charge is -2.13. The number of aromatic nitrogens is 2. The average Bonchev–Trinajstić information content (AvgIpc) is 2.54. The van der Waals surface area contributed by atoms with Gasteiger partial charge in [0, 0.05) is 12.1 Å². The van der Waals surface area contributed by atoms with Gasteiger partial charge in [0.15, 0.2) is 15.5 Å². The molecule has 0 unspecified atom stereocenters. The zero-order chi connectivity index (χ0) is 11.9.